The van der Waals surface area contributed by atoms with Crippen LogP contribution < -0.4 is 11.1 Å². The number of halogens is 1. The van der Waals surface area contributed by atoms with Gasteiger partial charge in [-0.1, -0.05) is 6.92 Å². The van der Waals surface area contributed by atoms with Crippen LogP contribution in [-0.2, 0) is 4.74 Å². The smallest absolute Gasteiger partial charge is 0.340 e. The van der Waals surface area contributed by atoms with Crippen molar-refractivity contribution in [2.75, 3.05) is 24.7 Å². The van der Waals surface area contributed by atoms with E-state index in [9.17, 15) is 9.18 Å². The molecule has 1 aromatic rings. The fourth-order valence-electron chi connectivity index (χ4n) is 2.13. The third kappa shape index (κ3) is 2.80. The van der Waals surface area contributed by atoms with E-state index in [4.69, 9.17) is 5.73 Å². The van der Waals surface area contributed by atoms with Gasteiger partial charge in [-0.15, -0.1) is 0 Å². The van der Waals surface area contributed by atoms with E-state index < -0.39 is 11.8 Å². The van der Waals surface area contributed by atoms with Crippen molar-refractivity contribution in [1.82, 2.24) is 0 Å². The topological polar surface area (TPSA) is 64.3 Å². The summed E-state index contributed by atoms with van der Waals surface area (Å²) < 4.78 is 18.4. The summed E-state index contributed by atoms with van der Waals surface area (Å²) in [6.07, 6.45) is 3.40. The minimum absolute atomic E-state index is 0.0894. The molecule has 1 saturated carbocycles. The molecule has 2 rings (SSSR count). The maximum Gasteiger partial charge on any atom is 0.340 e. The van der Waals surface area contributed by atoms with Crippen molar-refractivity contribution < 1.29 is 13.9 Å². The number of esters is 1. The van der Waals surface area contributed by atoms with Gasteiger partial charge in [0.1, 0.15) is 5.82 Å². The predicted molar refractivity (Wildman–Crippen MR) is 72.6 cm³/mol. The van der Waals surface area contributed by atoms with E-state index in [0.717, 1.165) is 25.3 Å². The predicted octanol–water partition coefficient (Wildman–Crippen LogP) is 2.80. The third-order valence-corrected chi connectivity index (χ3v) is 3.91. The molecule has 0 bridgehead atoms. The Morgan fingerprint density at radius 2 is 2.21 bits per heavy atom. The van der Waals surface area contributed by atoms with E-state index in [0.29, 0.717) is 17.6 Å². The van der Waals surface area contributed by atoms with Crippen LogP contribution in [0.5, 0.6) is 0 Å². The van der Waals surface area contributed by atoms with Crippen molar-refractivity contribution in [3.05, 3.63) is 23.5 Å². The van der Waals surface area contributed by atoms with Crippen LogP contribution in [0, 0.1) is 11.2 Å². The molecular weight excluding hydrogens is 247 g/mol. The van der Waals surface area contributed by atoms with Crippen molar-refractivity contribution in [2.24, 2.45) is 5.41 Å². The summed E-state index contributed by atoms with van der Waals surface area (Å²) in [5, 5.41) is 3.07. The SMILES string of the molecule is CCC1(CNc2cc(C(=O)OC)c(N)cc2F)CC1. The molecule has 1 aliphatic rings. The number of hydrogen-bond donors (Lipinski definition) is 2. The molecule has 0 aliphatic heterocycles. The van der Waals surface area contributed by atoms with Crippen molar-refractivity contribution in [3.63, 3.8) is 0 Å². The Hall–Kier alpha value is -1.78. The first-order valence-corrected chi connectivity index (χ1v) is 6.42. The second-order valence-electron chi connectivity index (χ2n) is 5.12. The van der Waals surface area contributed by atoms with E-state index in [1.807, 2.05) is 0 Å². The average molecular weight is 266 g/mol. The van der Waals surface area contributed by atoms with Gasteiger partial charge in [0.2, 0.25) is 0 Å². The summed E-state index contributed by atoms with van der Waals surface area (Å²) in [7, 11) is 1.27. The Balaban J connectivity index is 2.17. The van der Waals surface area contributed by atoms with E-state index in [2.05, 4.69) is 17.0 Å². The molecule has 0 unspecified atom stereocenters. The number of nitrogens with one attached hydrogen (secondary N) is 1. The summed E-state index contributed by atoms with van der Waals surface area (Å²) in [6, 6.07) is 2.57. The highest BCUT2D eigenvalue weighted by atomic mass is 19.1. The van der Waals surface area contributed by atoms with E-state index in [1.165, 1.54) is 13.2 Å². The number of rotatable bonds is 5. The maximum atomic E-state index is 13.8. The molecule has 0 amide bonds. The van der Waals surface area contributed by atoms with Crippen molar-refractivity contribution >= 4 is 17.3 Å². The zero-order chi connectivity index (χ0) is 14.0. The van der Waals surface area contributed by atoms with Gasteiger partial charge in [-0.3, -0.25) is 0 Å². The molecule has 1 fully saturated rings. The van der Waals surface area contributed by atoms with Gasteiger partial charge in [0.15, 0.2) is 0 Å². The molecule has 0 aromatic heterocycles. The fourth-order valence-corrected chi connectivity index (χ4v) is 2.13. The number of anilines is 2. The van der Waals surface area contributed by atoms with Crippen molar-refractivity contribution in [1.29, 1.82) is 0 Å². The molecule has 5 heteroatoms. The molecule has 3 N–H and O–H groups in total. The van der Waals surface area contributed by atoms with Crippen LogP contribution in [0.1, 0.15) is 36.5 Å². The molecule has 1 aromatic carbocycles. The van der Waals surface area contributed by atoms with Gasteiger partial charge in [-0.05, 0) is 36.8 Å². The number of methoxy groups -OCH3 is 1. The lowest BCUT2D eigenvalue weighted by molar-refractivity contribution is 0.0602. The van der Waals surface area contributed by atoms with Gasteiger partial charge >= 0.3 is 5.97 Å². The molecule has 0 spiro atoms. The second kappa shape index (κ2) is 5.07. The van der Waals surface area contributed by atoms with Crippen LogP contribution >= 0.6 is 0 Å². The first-order valence-electron chi connectivity index (χ1n) is 6.42. The molecular formula is C14H19FN2O2. The molecule has 1 aliphatic carbocycles. The number of nitrogen functional groups attached to an aromatic ring is 1. The van der Waals surface area contributed by atoms with Gasteiger partial charge in [0.05, 0.1) is 18.4 Å². The maximum absolute atomic E-state index is 13.8. The average Bonchev–Trinajstić information content (AvgIpc) is 3.17. The van der Waals surface area contributed by atoms with Crippen LogP contribution in [0.2, 0.25) is 0 Å². The zero-order valence-electron chi connectivity index (χ0n) is 11.3. The lowest BCUT2D eigenvalue weighted by Gasteiger charge is -2.16. The Labute approximate surface area is 112 Å². The number of carbonyl (C=O) groups is 1. The van der Waals surface area contributed by atoms with E-state index >= 15 is 0 Å². The fraction of sp³-hybridized carbons (Fsp3) is 0.500. The number of benzene rings is 1. The highest BCUT2D eigenvalue weighted by Crippen LogP contribution is 2.48. The van der Waals surface area contributed by atoms with Crippen LogP contribution in [0.4, 0.5) is 15.8 Å². The first kappa shape index (κ1) is 13.6. The quantitative estimate of drug-likeness (QED) is 0.635. The van der Waals surface area contributed by atoms with Gasteiger partial charge in [0.25, 0.3) is 0 Å². The normalized spacial score (nSPS) is 15.9. The molecule has 4 nitrogen and oxygen atoms in total. The summed E-state index contributed by atoms with van der Waals surface area (Å²) in [6.45, 7) is 2.85. The summed E-state index contributed by atoms with van der Waals surface area (Å²) in [4.78, 5) is 11.5. The third-order valence-electron chi connectivity index (χ3n) is 3.91. The molecule has 0 radical (unpaired) electrons. The second-order valence-corrected chi connectivity index (χ2v) is 5.12. The van der Waals surface area contributed by atoms with Gasteiger partial charge in [-0.25, -0.2) is 9.18 Å². The standard InChI is InChI=1S/C14H19FN2O2/c1-3-14(4-5-14)8-17-12-6-9(13(18)19-2)11(16)7-10(12)15/h6-7,17H,3-5,8,16H2,1-2H3. The minimum atomic E-state index is -0.558. The minimum Gasteiger partial charge on any atom is -0.465 e. The lowest BCUT2D eigenvalue weighted by Crippen LogP contribution is -2.16. The van der Waals surface area contributed by atoms with Gasteiger partial charge < -0.3 is 15.8 Å². The van der Waals surface area contributed by atoms with E-state index in [1.54, 1.807) is 0 Å². The molecule has 104 valence electrons. The van der Waals surface area contributed by atoms with Crippen LogP contribution in [-0.4, -0.2) is 19.6 Å². The number of carbonyl (C=O) groups excluding carboxylic acids is 1. The Bertz CT molecular complexity index is 498. The largest absolute Gasteiger partial charge is 0.465 e. The molecule has 0 atom stereocenters. The van der Waals surface area contributed by atoms with Crippen molar-refractivity contribution in [3.8, 4) is 0 Å². The summed E-state index contributed by atoms with van der Waals surface area (Å²) in [5.74, 6) is -1.01. The molecule has 0 heterocycles. The van der Waals surface area contributed by atoms with Gasteiger partial charge in [-0.2, -0.15) is 0 Å². The van der Waals surface area contributed by atoms with Crippen LogP contribution in [0.3, 0.4) is 0 Å². The monoisotopic (exact) mass is 266 g/mol. The Morgan fingerprint density at radius 3 is 2.74 bits per heavy atom. The summed E-state index contributed by atoms with van der Waals surface area (Å²) >= 11 is 0. The number of hydrogen-bond acceptors (Lipinski definition) is 4. The lowest BCUT2D eigenvalue weighted by atomic mass is 10.0. The number of ether oxygens (including phenoxy) is 1. The molecule has 19 heavy (non-hydrogen) atoms. The Morgan fingerprint density at radius 1 is 1.53 bits per heavy atom. The zero-order valence-corrected chi connectivity index (χ0v) is 11.3. The van der Waals surface area contributed by atoms with Crippen molar-refractivity contribution in [2.45, 2.75) is 26.2 Å². The van der Waals surface area contributed by atoms with Crippen LogP contribution in [0.15, 0.2) is 12.1 Å². The highest BCUT2D eigenvalue weighted by molar-refractivity contribution is 5.96. The van der Waals surface area contributed by atoms with E-state index in [-0.39, 0.29) is 11.3 Å². The molecule has 0 saturated heterocycles. The Kier molecular flexibility index (Phi) is 3.64. The number of nitrogens with two attached hydrogens (primary N) is 1. The van der Waals surface area contributed by atoms with Gasteiger partial charge in [0, 0.05) is 12.2 Å². The highest BCUT2D eigenvalue weighted by Gasteiger charge is 2.40. The summed E-state index contributed by atoms with van der Waals surface area (Å²) in [5.41, 5.74) is 6.49. The first-order chi connectivity index (χ1) is 9.01. The van der Waals surface area contributed by atoms with Crippen LogP contribution in [0.25, 0.3) is 0 Å².